The Morgan fingerprint density at radius 1 is 1.26 bits per heavy atom. The van der Waals surface area contributed by atoms with Crippen molar-refractivity contribution in [1.29, 1.82) is 0 Å². The van der Waals surface area contributed by atoms with Crippen molar-refractivity contribution in [1.82, 2.24) is 15.0 Å². The average molecular weight is 405 g/mol. The van der Waals surface area contributed by atoms with E-state index in [2.05, 4.69) is 22.3 Å². The van der Waals surface area contributed by atoms with E-state index < -0.39 is 0 Å². The molecule has 0 spiro atoms. The van der Waals surface area contributed by atoms with Gasteiger partial charge in [0.25, 0.3) is 0 Å². The second-order valence-corrected chi connectivity index (χ2v) is 7.28. The Hall–Kier alpha value is -2.22. The van der Waals surface area contributed by atoms with Gasteiger partial charge in [-0.15, -0.1) is 12.4 Å². The zero-order valence-electron chi connectivity index (χ0n) is 14.7. The standard InChI is InChI=1S/C19H20N4O2S.ClH/c20-16-11-23(10-15(16)13-4-2-1-3-5-13)18(24)7-6-17-21-19(22-25-17)14-8-9-26-12-14;/h1-5,8-9,12,15-16H,6-7,10-11,20H2;1H/t15-,16+;/m0./s1. The molecule has 1 aromatic carbocycles. The summed E-state index contributed by atoms with van der Waals surface area (Å²) in [5.74, 6) is 1.33. The summed E-state index contributed by atoms with van der Waals surface area (Å²) in [5.41, 5.74) is 8.40. The van der Waals surface area contributed by atoms with Gasteiger partial charge in [-0.1, -0.05) is 35.5 Å². The lowest BCUT2D eigenvalue weighted by molar-refractivity contribution is -0.130. The van der Waals surface area contributed by atoms with Crippen molar-refractivity contribution in [2.75, 3.05) is 13.1 Å². The van der Waals surface area contributed by atoms with Crippen molar-refractivity contribution >= 4 is 29.7 Å². The number of aryl methyl sites for hydroxylation is 1. The Morgan fingerprint density at radius 3 is 2.81 bits per heavy atom. The van der Waals surface area contributed by atoms with Gasteiger partial charge in [0.05, 0.1) is 0 Å². The van der Waals surface area contributed by atoms with E-state index in [9.17, 15) is 4.79 Å². The summed E-state index contributed by atoms with van der Waals surface area (Å²) in [6.07, 6.45) is 0.789. The second kappa shape index (κ2) is 8.65. The molecule has 1 saturated heterocycles. The molecule has 2 aromatic heterocycles. The molecule has 8 heteroatoms. The Morgan fingerprint density at radius 2 is 2.07 bits per heavy atom. The van der Waals surface area contributed by atoms with Gasteiger partial charge in [-0.2, -0.15) is 16.3 Å². The van der Waals surface area contributed by atoms with E-state index in [1.807, 2.05) is 39.9 Å². The molecule has 3 heterocycles. The van der Waals surface area contributed by atoms with Crippen LogP contribution in [-0.4, -0.2) is 40.1 Å². The molecule has 0 bridgehead atoms. The van der Waals surface area contributed by atoms with Gasteiger partial charge in [0, 0.05) is 48.8 Å². The quantitative estimate of drug-likeness (QED) is 0.706. The highest BCUT2D eigenvalue weighted by molar-refractivity contribution is 7.08. The number of likely N-dealkylation sites (tertiary alicyclic amines) is 1. The van der Waals surface area contributed by atoms with E-state index in [0.717, 1.165) is 5.56 Å². The largest absolute Gasteiger partial charge is 0.340 e. The zero-order valence-corrected chi connectivity index (χ0v) is 16.3. The monoisotopic (exact) mass is 404 g/mol. The highest BCUT2D eigenvalue weighted by Crippen LogP contribution is 2.27. The molecule has 0 radical (unpaired) electrons. The fourth-order valence-electron chi connectivity index (χ4n) is 3.32. The summed E-state index contributed by atoms with van der Waals surface area (Å²) in [5, 5.41) is 7.91. The Bertz CT molecular complexity index is 869. The van der Waals surface area contributed by atoms with Gasteiger partial charge in [0.15, 0.2) is 0 Å². The Kier molecular flexibility index (Phi) is 6.26. The zero-order chi connectivity index (χ0) is 17.9. The third kappa shape index (κ3) is 4.37. The molecule has 0 unspecified atom stereocenters. The van der Waals surface area contributed by atoms with E-state index in [0.29, 0.717) is 37.6 Å². The van der Waals surface area contributed by atoms with Crippen LogP contribution in [0.5, 0.6) is 0 Å². The summed E-state index contributed by atoms with van der Waals surface area (Å²) >= 11 is 1.58. The summed E-state index contributed by atoms with van der Waals surface area (Å²) < 4.78 is 5.26. The molecule has 2 atom stereocenters. The van der Waals surface area contributed by atoms with Crippen LogP contribution < -0.4 is 5.73 Å². The number of rotatable bonds is 5. The minimum absolute atomic E-state index is 0. The van der Waals surface area contributed by atoms with Gasteiger partial charge in [-0.05, 0) is 17.0 Å². The summed E-state index contributed by atoms with van der Waals surface area (Å²) in [4.78, 5) is 18.8. The van der Waals surface area contributed by atoms with Crippen molar-refractivity contribution < 1.29 is 9.32 Å². The molecule has 3 aromatic rings. The van der Waals surface area contributed by atoms with Gasteiger partial charge in [0.1, 0.15) is 0 Å². The van der Waals surface area contributed by atoms with Crippen LogP contribution in [0.15, 0.2) is 51.7 Å². The minimum atomic E-state index is -0.0325. The number of aromatic nitrogens is 2. The number of halogens is 1. The van der Waals surface area contributed by atoms with Crippen LogP contribution in [-0.2, 0) is 11.2 Å². The SMILES string of the molecule is Cl.N[C@@H]1CN(C(=O)CCc2nc(-c3ccsc3)no2)C[C@H]1c1ccccc1. The number of nitrogens with two attached hydrogens (primary N) is 1. The summed E-state index contributed by atoms with van der Waals surface area (Å²) in [6.45, 7) is 1.25. The second-order valence-electron chi connectivity index (χ2n) is 6.50. The van der Waals surface area contributed by atoms with Crippen LogP contribution in [0, 0.1) is 0 Å². The van der Waals surface area contributed by atoms with Crippen molar-refractivity contribution in [2.45, 2.75) is 24.8 Å². The van der Waals surface area contributed by atoms with E-state index in [1.165, 1.54) is 5.56 Å². The molecule has 1 aliphatic rings. The number of thiophene rings is 1. The molecule has 2 N–H and O–H groups in total. The van der Waals surface area contributed by atoms with E-state index in [-0.39, 0.29) is 30.3 Å². The first-order chi connectivity index (χ1) is 12.7. The number of benzene rings is 1. The fourth-order valence-corrected chi connectivity index (χ4v) is 3.96. The fraction of sp³-hybridized carbons (Fsp3) is 0.316. The minimum Gasteiger partial charge on any atom is -0.340 e. The van der Waals surface area contributed by atoms with Crippen LogP contribution in [0.3, 0.4) is 0 Å². The number of hydrogen-bond donors (Lipinski definition) is 1. The molecular weight excluding hydrogens is 384 g/mol. The molecule has 6 nitrogen and oxygen atoms in total. The van der Waals surface area contributed by atoms with Gasteiger partial charge < -0.3 is 15.2 Å². The van der Waals surface area contributed by atoms with Crippen molar-refractivity contribution in [2.24, 2.45) is 5.73 Å². The summed E-state index contributed by atoms with van der Waals surface area (Å²) in [6, 6.07) is 12.1. The number of amides is 1. The molecule has 0 saturated carbocycles. The molecule has 142 valence electrons. The van der Waals surface area contributed by atoms with Crippen LogP contribution in [0.1, 0.15) is 23.8 Å². The average Bonchev–Trinajstić information content (AvgIpc) is 3.40. The lowest BCUT2D eigenvalue weighted by Crippen LogP contribution is -2.32. The van der Waals surface area contributed by atoms with E-state index in [1.54, 1.807) is 11.3 Å². The molecule has 4 rings (SSSR count). The van der Waals surface area contributed by atoms with Crippen molar-refractivity contribution in [3.05, 3.63) is 58.6 Å². The lowest BCUT2D eigenvalue weighted by atomic mass is 9.95. The molecule has 27 heavy (non-hydrogen) atoms. The molecular formula is C19H21ClN4O2S. The predicted octanol–water partition coefficient (Wildman–Crippen LogP) is 3.11. The smallest absolute Gasteiger partial charge is 0.227 e. The first-order valence-corrected chi connectivity index (χ1v) is 9.58. The van der Waals surface area contributed by atoms with Gasteiger partial charge in [0.2, 0.25) is 17.6 Å². The Balaban J connectivity index is 0.00000210. The lowest BCUT2D eigenvalue weighted by Gasteiger charge is -2.16. The van der Waals surface area contributed by atoms with Crippen molar-refractivity contribution in [3.63, 3.8) is 0 Å². The third-order valence-corrected chi connectivity index (χ3v) is 5.43. The molecule has 1 fully saturated rings. The normalized spacial score (nSPS) is 19.1. The van der Waals surface area contributed by atoms with Crippen molar-refractivity contribution in [3.8, 4) is 11.4 Å². The van der Waals surface area contributed by atoms with E-state index >= 15 is 0 Å². The number of carbonyl (C=O) groups excluding carboxylic acids is 1. The van der Waals surface area contributed by atoms with Gasteiger partial charge in [-0.3, -0.25) is 4.79 Å². The van der Waals surface area contributed by atoms with Gasteiger partial charge >= 0.3 is 0 Å². The predicted molar refractivity (Wildman–Crippen MR) is 107 cm³/mol. The number of nitrogens with zero attached hydrogens (tertiary/aromatic N) is 3. The molecule has 0 aliphatic carbocycles. The first kappa shape index (κ1) is 19.5. The number of carbonyl (C=O) groups is 1. The van der Waals surface area contributed by atoms with Crippen LogP contribution >= 0.6 is 23.7 Å². The maximum Gasteiger partial charge on any atom is 0.227 e. The Labute approximate surface area is 167 Å². The molecule has 1 amide bonds. The highest BCUT2D eigenvalue weighted by Gasteiger charge is 2.33. The molecule has 1 aliphatic heterocycles. The van der Waals surface area contributed by atoms with Gasteiger partial charge in [-0.25, -0.2) is 0 Å². The van der Waals surface area contributed by atoms with E-state index in [4.69, 9.17) is 10.3 Å². The van der Waals surface area contributed by atoms with Crippen LogP contribution in [0.2, 0.25) is 0 Å². The van der Waals surface area contributed by atoms with Crippen LogP contribution in [0.4, 0.5) is 0 Å². The third-order valence-electron chi connectivity index (χ3n) is 4.75. The summed E-state index contributed by atoms with van der Waals surface area (Å²) in [7, 11) is 0. The number of hydrogen-bond acceptors (Lipinski definition) is 6. The van der Waals surface area contributed by atoms with Crippen LogP contribution in [0.25, 0.3) is 11.4 Å². The first-order valence-electron chi connectivity index (χ1n) is 8.64. The topological polar surface area (TPSA) is 85.2 Å². The maximum absolute atomic E-state index is 12.6. The maximum atomic E-state index is 12.6. The highest BCUT2D eigenvalue weighted by atomic mass is 35.5.